The number of nitrogens with two attached hydrogens (primary N) is 3. The highest BCUT2D eigenvalue weighted by Gasteiger charge is 2.46. The summed E-state index contributed by atoms with van der Waals surface area (Å²) in [6.07, 6.45) is 3.81. The smallest absolute Gasteiger partial charge is 0.246 e. The van der Waals surface area contributed by atoms with Gasteiger partial charge in [-0.2, -0.15) is 0 Å². The number of carbonyl (C=O) groups excluding carboxylic acids is 8. The quantitative estimate of drug-likeness (QED) is 0.0522. The molecule has 1 unspecified atom stereocenters. The van der Waals surface area contributed by atoms with Crippen LogP contribution < -0.4 is 54.4 Å². The minimum Gasteiger partial charge on any atom is -0.370 e. The van der Waals surface area contributed by atoms with Crippen molar-refractivity contribution in [2.75, 3.05) is 13.1 Å². The number of benzene rings is 3. The van der Waals surface area contributed by atoms with Crippen LogP contribution >= 0.6 is 15.9 Å². The summed E-state index contributed by atoms with van der Waals surface area (Å²) in [7, 11) is 0. The van der Waals surface area contributed by atoms with Crippen LogP contribution in [0.3, 0.4) is 0 Å². The molecule has 2 heterocycles. The zero-order chi connectivity index (χ0) is 52.5. The Labute approximate surface area is 432 Å². The number of aromatic amines is 1. The Morgan fingerprint density at radius 1 is 0.795 bits per heavy atom. The van der Waals surface area contributed by atoms with Crippen molar-refractivity contribution in [2.45, 2.75) is 133 Å². The van der Waals surface area contributed by atoms with Crippen molar-refractivity contribution < 1.29 is 38.4 Å². The molecule has 2 aliphatic rings. The zero-order valence-electron chi connectivity index (χ0n) is 41.0. The van der Waals surface area contributed by atoms with Crippen molar-refractivity contribution in [1.82, 2.24) is 42.2 Å². The number of rotatable bonds is 13. The Balaban J connectivity index is 1.41. The fourth-order valence-electron chi connectivity index (χ4n) is 9.21. The van der Waals surface area contributed by atoms with Gasteiger partial charge in [0.1, 0.15) is 35.7 Å². The maximum absolute atomic E-state index is 15.2. The highest BCUT2D eigenvalue weighted by Crippen LogP contribution is 2.34. The molecule has 0 saturated carbocycles. The van der Waals surface area contributed by atoms with Gasteiger partial charge in [0, 0.05) is 60.3 Å². The molecule has 14 N–H and O–H groups in total. The van der Waals surface area contributed by atoms with E-state index in [2.05, 4.69) is 63.1 Å². The summed E-state index contributed by atoms with van der Waals surface area (Å²) in [5.74, 6) is -5.74. The van der Waals surface area contributed by atoms with Crippen LogP contribution in [-0.2, 0) is 64.0 Å². The van der Waals surface area contributed by atoms with E-state index in [0.717, 1.165) is 26.5 Å². The van der Waals surface area contributed by atoms with E-state index < -0.39 is 89.4 Å². The van der Waals surface area contributed by atoms with Gasteiger partial charge >= 0.3 is 0 Å². The lowest BCUT2D eigenvalue weighted by Gasteiger charge is -2.39. The highest BCUT2D eigenvalue weighted by atomic mass is 79.9. The first-order valence-corrected chi connectivity index (χ1v) is 25.6. The molecule has 20 nitrogen and oxygen atoms in total. The standard InChI is InChI=1S/C52H67BrN12O8/c1-2-3-21-43(66)60-42-28-44(67)57-24-10-9-19-38(45(54)68)61-48(71)41(27-33-30-59-37-18-8-7-16-35(33)37)63-46(69)39(20-12-25-58-51(55)56)62-47(70)40(26-31-13-5-4-6-14-31)64-50(73)52(65-49(42)72)23-22-34-32(29-52)15-11-17-36(34)53/h4-8,11,13-18,30,38-42,59H,2-3,9-10,12,19-29H2,1H3,(H2,54,68)(H,57,67)(H,60,66)(H,61,71)(H,62,70)(H,63,69)(H,64,73)(H,65,72)(H4,55,56,58)/t38-,39-,40+,41-,42-,52?/m0/s1. The summed E-state index contributed by atoms with van der Waals surface area (Å²) in [6.45, 7) is 2.12. The van der Waals surface area contributed by atoms with E-state index in [9.17, 15) is 33.6 Å². The van der Waals surface area contributed by atoms with Gasteiger partial charge in [-0.15, -0.1) is 0 Å². The van der Waals surface area contributed by atoms with Gasteiger partial charge in [-0.1, -0.05) is 89.9 Å². The van der Waals surface area contributed by atoms with Gasteiger partial charge in [0.2, 0.25) is 47.3 Å². The average Bonchev–Trinajstić information content (AvgIpc) is 3.77. The van der Waals surface area contributed by atoms with Crippen LogP contribution in [-0.4, -0.2) is 107 Å². The van der Waals surface area contributed by atoms with Crippen LogP contribution in [0.5, 0.6) is 0 Å². The third kappa shape index (κ3) is 15.6. The van der Waals surface area contributed by atoms with Gasteiger partial charge in [-0.25, -0.2) is 0 Å². The first kappa shape index (κ1) is 55.0. The maximum atomic E-state index is 15.2. The summed E-state index contributed by atoms with van der Waals surface area (Å²) >= 11 is 3.63. The first-order valence-electron chi connectivity index (χ1n) is 24.9. The second-order valence-electron chi connectivity index (χ2n) is 18.7. The molecule has 1 fully saturated rings. The maximum Gasteiger partial charge on any atom is 0.246 e. The number of H-pyrrole nitrogens is 1. The monoisotopic (exact) mass is 1070 g/mol. The fraction of sp³-hybridized carbons (Fsp3) is 0.442. The molecule has 1 spiro atoms. The Hall–Kier alpha value is -7.29. The van der Waals surface area contributed by atoms with Crippen molar-refractivity contribution in [3.8, 4) is 0 Å². The predicted molar refractivity (Wildman–Crippen MR) is 279 cm³/mol. The second kappa shape index (κ2) is 26.4. The third-order valence-electron chi connectivity index (χ3n) is 13.2. The lowest BCUT2D eigenvalue weighted by Crippen LogP contribution is -2.67. The van der Waals surface area contributed by atoms with E-state index in [4.69, 9.17) is 17.2 Å². The molecule has 1 aromatic heterocycles. The molecule has 1 saturated heterocycles. The molecule has 73 heavy (non-hydrogen) atoms. The number of halogens is 1. The first-order chi connectivity index (χ1) is 35.0. The van der Waals surface area contributed by atoms with Crippen molar-refractivity contribution in [3.05, 3.63) is 106 Å². The third-order valence-corrected chi connectivity index (χ3v) is 14.0. The molecule has 4 aromatic rings. The minimum absolute atomic E-state index is 0.0102. The fourth-order valence-corrected chi connectivity index (χ4v) is 9.82. The lowest BCUT2D eigenvalue weighted by atomic mass is 9.76. The van der Waals surface area contributed by atoms with Crippen molar-refractivity contribution in [3.63, 3.8) is 0 Å². The van der Waals surface area contributed by atoms with Crippen molar-refractivity contribution >= 4 is 80.0 Å². The van der Waals surface area contributed by atoms with E-state index in [1.807, 2.05) is 49.4 Å². The van der Waals surface area contributed by atoms with Crippen LogP contribution in [0.2, 0.25) is 0 Å². The van der Waals surface area contributed by atoms with Gasteiger partial charge in [0.25, 0.3) is 0 Å². The normalized spacial score (nSPS) is 22.8. The molecule has 1 aliphatic carbocycles. The summed E-state index contributed by atoms with van der Waals surface area (Å²) in [5, 5.41) is 20.6. The number of carbonyl (C=O) groups is 8. The Bertz CT molecular complexity index is 2660. The van der Waals surface area contributed by atoms with E-state index in [0.29, 0.717) is 43.2 Å². The van der Waals surface area contributed by atoms with Crippen LogP contribution in [0, 0.1) is 0 Å². The predicted octanol–water partition coefficient (Wildman–Crippen LogP) is 1.60. The van der Waals surface area contributed by atoms with Crippen LogP contribution in [0.15, 0.2) is 88.5 Å². The molecule has 390 valence electrons. The van der Waals surface area contributed by atoms with Crippen molar-refractivity contribution in [1.29, 1.82) is 0 Å². The second-order valence-corrected chi connectivity index (χ2v) is 19.6. The molecule has 21 heteroatoms. The number of primary amides is 1. The number of para-hydroxylation sites is 1. The SMILES string of the molecule is CCCCC(=O)N[C@H]1CC(=O)NCCCC[C@@H](C(N)=O)NC(=O)[C@H](Cc2c[nH]c3ccccc23)NC(=O)[C@H](CCCN=C(N)N)NC(=O)[C@@H](Cc2ccccc2)NC(=O)C2(CCc3c(Br)cccc3C2)NC1=O. The number of hydrogen-bond acceptors (Lipinski definition) is 9. The number of amides is 8. The number of hydrogen-bond donors (Lipinski definition) is 11. The van der Waals surface area contributed by atoms with Gasteiger partial charge in [0.05, 0.1) is 6.42 Å². The van der Waals surface area contributed by atoms with E-state index in [-0.39, 0.29) is 70.4 Å². The molecule has 0 radical (unpaired) electrons. The van der Waals surface area contributed by atoms with Gasteiger partial charge in [0.15, 0.2) is 5.96 Å². The van der Waals surface area contributed by atoms with Gasteiger partial charge in [-0.3, -0.25) is 43.3 Å². The van der Waals surface area contributed by atoms with Crippen LogP contribution in [0.25, 0.3) is 10.9 Å². The molecule has 6 atom stereocenters. The molecule has 6 rings (SSSR count). The average molecular weight is 1070 g/mol. The molecule has 8 amide bonds. The number of unbranched alkanes of at least 4 members (excludes halogenated alkanes) is 1. The number of nitrogens with one attached hydrogen (secondary N) is 8. The summed E-state index contributed by atoms with van der Waals surface area (Å²) < 4.78 is 0.815. The number of aliphatic imine (C=N–C) groups is 1. The lowest BCUT2D eigenvalue weighted by molar-refractivity contribution is -0.139. The highest BCUT2D eigenvalue weighted by molar-refractivity contribution is 9.10. The molecule has 0 bridgehead atoms. The number of fused-ring (bicyclic) bond motifs is 2. The Morgan fingerprint density at radius 2 is 1.51 bits per heavy atom. The molecule has 1 aliphatic heterocycles. The largest absolute Gasteiger partial charge is 0.370 e. The zero-order valence-corrected chi connectivity index (χ0v) is 42.6. The topological polar surface area (TPSA) is 327 Å². The van der Waals surface area contributed by atoms with E-state index in [1.165, 1.54) is 0 Å². The van der Waals surface area contributed by atoms with Gasteiger partial charge < -0.3 is 59.4 Å². The minimum atomic E-state index is -1.70. The van der Waals surface area contributed by atoms with Crippen LogP contribution in [0.1, 0.15) is 93.4 Å². The number of guanidine groups is 1. The molecular formula is C52H67BrN12O8. The summed E-state index contributed by atoms with van der Waals surface area (Å²) in [6, 6.07) is 15.3. The summed E-state index contributed by atoms with van der Waals surface area (Å²) in [5.41, 5.74) is 19.2. The van der Waals surface area contributed by atoms with Crippen molar-refractivity contribution in [2.24, 2.45) is 22.2 Å². The number of nitrogens with zero attached hydrogens (tertiary/aromatic N) is 1. The van der Waals surface area contributed by atoms with E-state index >= 15 is 4.79 Å². The molecular weight excluding hydrogens is 1000 g/mol. The Kier molecular flexibility index (Phi) is 19.9. The number of aromatic nitrogens is 1. The van der Waals surface area contributed by atoms with E-state index in [1.54, 1.807) is 36.5 Å². The summed E-state index contributed by atoms with van der Waals surface area (Å²) in [4.78, 5) is 121. The van der Waals surface area contributed by atoms with Gasteiger partial charge in [-0.05, 0) is 85.8 Å². The van der Waals surface area contributed by atoms with Crippen LogP contribution in [0.4, 0.5) is 0 Å². The Morgan fingerprint density at radius 3 is 2.26 bits per heavy atom. The molecule has 3 aromatic carbocycles.